The number of likely N-dealkylation sites (tertiary alicyclic amines) is 1. The molecule has 1 aromatic carbocycles. The van der Waals surface area contributed by atoms with Crippen molar-refractivity contribution < 1.29 is 13.6 Å². The Kier molecular flexibility index (Phi) is 6.36. The SMILES string of the molecule is CNC1CCCN(C(=O)Cc2ccc(F)cc2F)C1.Cl. The molecule has 1 amide bonds. The van der Waals surface area contributed by atoms with Crippen LogP contribution in [-0.2, 0) is 11.2 Å². The normalized spacial score (nSPS) is 18.6. The van der Waals surface area contributed by atoms with Crippen molar-refractivity contribution >= 4 is 18.3 Å². The molecule has 1 heterocycles. The van der Waals surface area contributed by atoms with Gasteiger partial charge in [-0.05, 0) is 31.5 Å². The molecule has 1 atom stereocenters. The fourth-order valence-electron chi connectivity index (χ4n) is 2.38. The zero-order valence-corrected chi connectivity index (χ0v) is 12.2. The van der Waals surface area contributed by atoms with E-state index in [1.54, 1.807) is 4.90 Å². The maximum atomic E-state index is 13.5. The molecule has 0 aromatic heterocycles. The number of nitrogens with zero attached hydrogens (tertiary/aromatic N) is 1. The second-order valence-electron chi connectivity index (χ2n) is 4.88. The molecule has 1 aromatic rings. The third-order valence-electron chi connectivity index (χ3n) is 3.54. The number of nitrogens with one attached hydrogen (secondary N) is 1. The van der Waals surface area contributed by atoms with Gasteiger partial charge < -0.3 is 10.2 Å². The van der Waals surface area contributed by atoms with Crippen LogP contribution in [0.1, 0.15) is 18.4 Å². The monoisotopic (exact) mass is 304 g/mol. The van der Waals surface area contributed by atoms with Crippen LogP contribution in [-0.4, -0.2) is 37.0 Å². The van der Waals surface area contributed by atoms with E-state index >= 15 is 0 Å². The van der Waals surface area contributed by atoms with Crippen molar-refractivity contribution in [2.75, 3.05) is 20.1 Å². The molecule has 0 spiro atoms. The summed E-state index contributed by atoms with van der Waals surface area (Å²) in [7, 11) is 1.87. The van der Waals surface area contributed by atoms with Crippen molar-refractivity contribution in [3.8, 4) is 0 Å². The number of halogens is 3. The van der Waals surface area contributed by atoms with Crippen LogP contribution in [0.5, 0.6) is 0 Å². The average Bonchev–Trinajstić information content (AvgIpc) is 2.42. The molecule has 1 unspecified atom stereocenters. The van der Waals surface area contributed by atoms with E-state index in [4.69, 9.17) is 0 Å². The Balaban J connectivity index is 0.00000200. The number of carbonyl (C=O) groups excluding carboxylic acids is 1. The largest absolute Gasteiger partial charge is 0.341 e. The number of hydrogen-bond acceptors (Lipinski definition) is 2. The van der Waals surface area contributed by atoms with E-state index in [0.717, 1.165) is 18.9 Å². The summed E-state index contributed by atoms with van der Waals surface area (Å²) in [4.78, 5) is 13.8. The number of amides is 1. The lowest BCUT2D eigenvalue weighted by molar-refractivity contribution is -0.131. The molecule has 0 radical (unpaired) electrons. The summed E-state index contributed by atoms with van der Waals surface area (Å²) in [5.41, 5.74) is 0.248. The first-order valence-electron chi connectivity index (χ1n) is 6.49. The number of benzene rings is 1. The van der Waals surface area contributed by atoms with Gasteiger partial charge in [-0.3, -0.25) is 4.79 Å². The zero-order valence-electron chi connectivity index (χ0n) is 11.4. The van der Waals surface area contributed by atoms with Crippen LogP contribution in [0.3, 0.4) is 0 Å². The van der Waals surface area contributed by atoms with Gasteiger partial charge in [0.1, 0.15) is 11.6 Å². The average molecular weight is 305 g/mol. The lowest BCUT2D eigenvalue weighted by Crippen LogP contribution is -2.47. The Hall–Kier alpha value is -1.20. The van der Waals surface area contributed by atoms with Crippen LogP contribution in [0.15, 0.2) is 18.2 Å². The van der Waals surface area contributed by atoms with E-state index in [2.05, 4.69) is 5.32 Å². The van der Waals surface area contributed by atoms with Gasteiger partial charge in [-0.15, -0.1) is 12.4 Å². The number of hydrogen-bond donors (Lipinski definition) is 1. The highest BCUT2D eigenvalue weighted by molar-refractivity contribution is 5.85. The van der Waals surface area contributed by atoms with Crippen molar-refractivity contribution in [3.05, 3.63) is 35.4 Å². The fraction of sp³-hybridized carbons (Fsp3) is 0.500. The second kappa shape index (κ2) is 7.55. The maximum absolute atomic E-state index is 13.5. The van der Waals surface area contributed by atoms with Gasteiger partial charge in [-0.1, -0.05) is 6.07 Å². The Labute approximate surface area is 123 Å². The van der Waals surface area contributed by atoms with Crippen molar-refractivity contribution in [2.45, 2.75) is 25.3 Å². The molecule has 2 rings (SSSR count). The minimum atomic E-state index is -0.657. The summed E-state index contributed by atoms with van der Waals surface area (Å²) in [5, 5.41) is 3.15. The Bertz CT molecular complexity index is 470. The third kappa shape index (κ3) is 4.15. The van der Waals surface area contributed by atoms with Crippen molar-refractivity contribution in [1.82, 2.24) is 10.2 Å². The summed E-state index contributed by atoms with van der Waals surface area (Å²) in [6.45, 7) is 1.36. The molecule has 6 heteroatoms. The highest BCUT2D eigenvalue weighted by atomic mass is 35.5. The molecule has 1 N–H and O–H groups in total. The van der Waals surface area contributed by atoms with Crippen molar-refractivity contribution in [1.29, 1.82) is 0 Å². The number of rotatable bonds is 3. The Morgan fingerprint density at radius 1 is 1.45 bits per heavy atom. The predicted molar refractivity (Wildman–Crippen MR) is 76.0 cm³/mol. The highest BCUT2D eigenvalue weighted by Crippen LogP contribution is 2.14. The molecule has 20 heavy (non-hydrogen) atoms. The molecular formula is C14H19ClF2N2O. The minimum Gasteiger partial charge on any atom is -0.341 e. The number of likely N-dealkylation sites (N-methyl/N-ethyl adjacent to an activating group) is 1. The van der Waals surface area contributed by atoms with Gasteiger partial charge >= 0.3 is 0 Å². The van der Waals surface area contributed by atoms with Crippen LogP contribution in [0.25, 0.3) is 0 Å². The van der Waals surface area contributed by atoms with Gasteiger partial charge in [0.15, 0.2) is 0 Å². The van der Waals surface area contributed by atoms with Crippen molar-refractivity contribution in [2.24, 2.45) is 0 Å². The Morgan fingerprint density at radius 2 is 2.20 bits per heavy atom. The summed E-state index contributed by atoms with van der Waals surface area (Å²) < 4.78 is 26.3. The van der Waals surface area contributed by atoms with E-state index in [1.165, 1.54) is 12.1 Å². The molecule has 1 fully saturated rings. The molecule has 1 aliphatic rings. The quantitative estimate of drug-likeness (QED) is 0.928. The van der Waals surface area contributed by atoms with Gasteiger partial charge in [0.25, 0.3) is 0 Å². The highest BCUT2D eigenvalue weighted by Gasteiger charge is 2.23. The van der Waals surface area contributed by atoms with Crippen LogP contribution < -0.4 is 5.32 Å². The van der Waals surface area contributed by atoms with Gasteiger partial charge in [0.2, 0.25) is 5.91 Å². The smallest absolute Gasteiger partial charge is 0.227 e. The van der Waals surface area contributed by atoms with E-state index < -0.39 is 11.6 Å². The molecule has 1 saturated heterocycles. The molecule has 0 aliphatic carbocycles. The van der Waals surface area contributed by atoms with E-state index in [9.17, 15) is 13.6 Å². The summed E-state index contributed by atoms with van der Waals surface area (Å²) in [6, 6.07) is 3.63. The van der Waals surface area contributed by atoms with E-state index in [-0.39, 0.29) is 30.3 Å². The van der Waals surface area contributed by atoms with Gasteiger partial charge in [-0.2, -0.15) is 0 Å². The standard InChI is InChI=1S/C14H18F2N2O.ClH/c1-17-12-3-2-6-18(9-12)14(19)7-10-4-5-11(15)8-13(10)16;/h4-5,8,12,17H,2-3,6-7,9H2,1H3;1H. The first kappa shape index (κ1) is 16.9. The van der Waals surface area contributed by atoms with E-state index in [1.807, 2.05) is 7.05 Å². The summed E-state index contributed by atoms with van der Waals surface area (Å²) in [5.74, 6) is -1.39. The van der Waals surface area contributed by atoms with Crippen LogP contribution >= 0.6 is 12.4 Å². The second-order valence-corrected chi connectivity index (χ2v) is 4.88. The van der Waals surface area contributed by atoms with Crippen LogP contribution in [0, 0.1) is 11.6 Å². The lowest BCUT2D eigenvalue weighted by Gasteiger charge is -2.32. The number of carbonyl (C=O) groups is 1. The first-order valence-corrected chi connectivity index (χ1v) is 6.49. The first-order chi connectivity index (χ1) is 9.10. The molecule has 112 valence electrons. The van der Waals surface area contributed by atoms with Crippen molar-refractivity contribution in [3.63, 3.8) is 0 Å². The topological polar surface area (TPSA) is 32.3 Å². The maximum Gasteiger partial charge on any atom is 0.227 e. The van der Waals surface area contributed by atoms with Gasteiger partial charge in [-0.25, -0.2) is 8.78 Å². The van der Waals surface area contributed by atoms with Gasteiger partial charge in [0.05, 0.1) is 6.42 Å². The minimum absolute atomic E-state index is 0. The fourth-order valence-corrected chi connectivity index (χ4v) is 2.38. The number of piperidine rings is 1. The van der Waals surface area contributed by atoms with Gasteiger partial charge in [0, 0.05) is 25.2 Å². The van der Waals surface area contributed by atoms with Crippen LogP contribution in [0.2, 0.25) is 0 Å². The summed E-state index contributed by atoms with van der Waals surface area (Å²) in [6.07, 6.45) is 1.98. The van der Waals surface area contributed by atoms with E-state index in [0.29, 0.717) is 19.1 Å². The third-order valence-corrected chi connectivity index (χ3v) is 3.54. The molecule has 0 bridgehead atoms. The summed E-state index contributed by atoms with van der Waals surface area (Å²) >= 11 is 0. The lowest BCUT2D eigenvalue weighted by atomic mass is 10.0. The molecule has 1 aliphatic heterocycles. The molecule has 0 saturated carbocycles. The molecular weight excluding hydrogens is 286 g/mol. The predicted octanol–water partition coefficient (Wildman–Crippen LogP) is 2.14. The van der Waals surface area contributed by atoms with Crippen LogP contribution in [0.4, 0.5) is 8.78 Å². The zero-order chi connectivity index (χ0) is 13.8. The Morgan fingerprint density at radius 3 is 2.85 bits per heavy atom. The molecule has 3 nitrogen and oxygen atoms in total.